The van der Waals surface area contributed by atoms with E-state index in [-0.39, 0.29) is 5.60 Å². The molecule has 0 radical (unpaired) electrons. The molecule has 2 saturated carbocycles. The summed E-state index contributed by atoms with van der Waals surface area (Å²) < 4.78 is 16.9. The predicted molar refractivity (Wildman–Crippen MR) is 62.9 cm³/mol. The third-order valence-corrected chi connectivity index (χ3v) is 5.48. The third kappa shape index (κ3) is 1.62. The zero-order valence-electron chi connectivity index (χ0n) is 10.7. The minimum absolute atomic E-state index is 0.323. The molecule has 0 bridgehead atoms. The number of epoxide rings is 2. The van der Waals surface area contributed by atoms with E-state index in [0.29, 0.717) is 42.7 Å². The Hall–Kier alpha value is -0.610. The van der Waals surface area contributed by atoms with Gasteiger partial charge in [0, 0.05) is 5.92 Å². The highest BCUT2D eigenvalue weighted by molar-refractivity contribution is 5.39. The van der Waals surface area contributed by atoms with E-state index in [0.717, 1.165) is 19.3 Å². The van der Waals surface area contributed by atoms with Gasteiger partial charge in [0.1, 0.15) is 5.60 Å². The predicted octanol–water partition coefficient (Wildman–Crippen LogP) is 1.66. The van der Waals surface area contributed by atoms with Crippen LogP contribution in [0.25, 0.3) is 0 Å². The molecule has 0 aromatic heterocycles. The van der Waals surface area contributed by atoms with Crippen LogP contribution < -0.4 is 0 Å². The first kappa shape index (κ1) is 11.2. The van der Waals surface area contributed by atoms with Crippen LogP contribution >= 0.6 is 0 Å². The molecule has 18 heavy (non-hydrogen) atoms. The second-order valence-electron chi connectivity index (χ2n) is 6.52. The molecule has 0 aromatic rings. The summed E-state index contributed by atoms with van der Waals surface area (Å²) in [5, 5.41) is 0. The van der Waals surface area contributed by atoms with Crippen molar-refractivity contribution in [2.75, 3.05) is 0 Å². The maximum atomic E-state index is 10.8. The van der Waals surface area contributed by atoms with Crippen molar-refractivity contribution < 1.29 is 19.0 Å². The molecule has 0 aromatic carbocycles. The van der Waals surface area contributed by atoms with Crippen molar-refractivity contribution in [2.45, 2.75) is 69.0 Å². The molecule has 0 N–H and O–H groups in total. The minimum atomic E-state index is -0.328. The lowest BCUT2D eigenvalue weighted by molar-refractivity contribution is -0.154. The monoisotopic (exact) mass is 252 g/mol. The highest BCUT2D eigenvalue weighted by Gasteiger charge is 2.61. The van der Waals surface area contributed by atoms with Gasteiger partial charge in [0.15, 0.2) is 0 Å². The Bertz CT molecular complexity index is 371. The summed E-state index contributed by atoms with van der Waals surface area (Å²) in [6, 6.07) is 0. The summed E-state index contributed by atoms with van der Waals surface area (Å²) >= 11 is 0. The van der Waals surface area contributed by atoms with E-state index in [9.17, 15) is 4.79 Å². The average molecular weight is 252 g/mol. The Balaban J connectivity index is 1.56. The van der Waals surface area contributed by atoms with Crippen LogP contribution in [0.2, 0.25) is 0 Å². The average Bonchev–Trinajstić information content (AvgIpc) is 3.22. The van der Waals surface area contributed by atoms with Crippen LogP contribution in [0.1, 0.15) is 39.0 Å². The number of hydrogen-bond donors (Lipinski definition) is 0. The van der Waals surface area contributed by atoms with Crippen molar-refractivity contribution in [1.29, 1.82) is 0 Å². The van der Waals surface area contributed by atoms with E-state index in [2.05, 4.69) is 6.92 Å². The maximum absolute atomic E-state index is 10.8. The van der Waals surface area contributed by atoms with Gasteiger partial charge in [-0.2, -0.15) is 0 Å². The van der Waals surface area contributed by atoms with Crippen molar-refractivity contribution in [3.8, 4) is 0 Å². The smallest absolute Gasteiger partial charge is 0.293 e. The van der Waals surface area contributed by atoms with Crippen molar-refractivity contribution in [3.63, 3.8) is 0 Å². The molecule has 7 atom stereocenters. The fourth-order valence-electron chi connectivity index (χ4n) is 4.42. The zero-order chi connectivity index (χ0) is 12.3. The van der Waals surface area contributed by atoms with Gasteiger partial charge in [0.05, 0.1) is 24.4 Å². The molecule has 4 aliphatic rings. The minimum Gasteiger partial charge on any atom is -0.461 e. The molecule has 100 valence electrons. The standard InChI is InChI=1S/C14H20O4/c1-14(16-7-15)5-4-10-13(18-10)12(14)8-2-3-9-11(6-8)17-9/h7-13H,2-6H2,1H3. The van der Waals surface area contributed by atoms with Gasteiger partial charge in [-0.05, 0) is 44.9 Å². The highest BCUT2D eigenvalue weighted by Crippen LogP contribution is 2.55. The molecule has 2 aliphatic heterocycles. The number of fused-ring (bicyclic) bond motifs is 2. The summed E-state index contributed by atoms with van der Waals surface area (Å²) in [7, 11) is 0. The SMILES string of the molecule is CC1(OC=O)CCC2OC2C1C1CCC2OC2C1. The Labute approximate surface area is 107 Å². The van der Waals surface area contributed by atoms with Gasteiger partial charge in [0.2, 0.25) is 0 Å². The lowest BCUT2D eigenvalue weighted by Gasteiger charge is -2.42. The first-order valence-electron chi connectivity index (χ1n) is 7.14. The molecule has 4 rings (SSSR count). The van der Waals surface area contributed by atoms with E-state index in [1.165, 1.54) is 12.8 Å². The van der Waals surface area contributed by atoms with Gasteiger partial charge in [-0.1, -0.05) is 0 Å². The molecule has 2 aliphatic carbocycles. The lowest BCUT2D eigenvalue weighted by Crippen LogP contribution is -2.48. The summed E-state index contributed by atoms with van der Waals surface area (Å²) in [6.07, 6.45) is 7.20. The van der Waals surface area contributed by atoms with E-state index in [4.69, 9.17) is 14.2 Å². The molecule has 0 spiro atoms. The fraction of sp³-hybridized carbons (Fsp3) is 0.929. The first-order valence-corrected chi connectivity index (χ1v) is 7.14. The van der Waals surface area contributed by atoms with Gasteiger partial charge in [-0.25, -0.2) is 0 Å². The van der Waals surface area contributed by atoms with Crippen LogP contribution in [0, 0.1) is 11.8 Å². The number of ether oxygens (including phenoxy) is 3. The molecular weight excluding hydrogens is 232 g/mol. The lowest BCUT2D eigenvalue weighted by atomic mass is 9.66. The van der Waals surface area contributed by atoms with E-state index in [1.807, 2.05) is 0 Å². The van der Waals surface area contributed by atoms with Gasteiger partial charge in [0.25, 0.3) is 6.47 Å². The number of rotatable bonds is 3. The quantitative estimate of drug-likeness (QED) is 0.566. The van der Waals surface area contributed by atoms with Gasteiger partial charge in [-0.15, -0.1) is 0 Å². The van der Waals surface area contributed by atoms with Crippen molar-refractivity contribution in [3.05, 3.63) is 0 Å². The summed E-state index contributed by atoms with van der Waals surface area (Å²) in [5.74, 6) is 0.959. The summed E-state index contributed by atoms with van der Waals surface area (Å²) in [6.45, 7) is 2.71. The Morgan fingerprint density at radius 3 is 2.83 bits per heavy atom. The highest BCUT2D eigenvalue weighted by atomic mass is 16.6. The Kier molecular flexibility index (Phi) is 2.31. The molecule has 4 nitrogen and oxygen atoms in total. The summed E-state index contributed by atoms with van der Waals surface area (Å²) in [4.78, 5) is 10.8. The Morgan fingerprint density at radius 2 is 2.06 bits per heavy atom. The van der Waals surface area contributed by atoms with Crippen LogP contribution in [-0.4, -0.2) is 36.5 Å². The maximum Gasteiger partial charge on any atom is 0.293 e. The third-order valence-electron chi connectivity index (χ3n) is 5.48. The van der Waals surface area contributed by atoms with Crippen molar-refractivity contribution in [2.24, 2.45) is 11.8 Å². The number of carbonyl (C=O) groups excluding carboxylic acids is 1. The van der Waals surface area contributed by atoms with E-state index < -0.39 is 0 Å². The molecule has 4 fully saturated rings. The van der Waals surface area contributed by atoms with Gasteiger partial charge in [-0.3, -0.25) is 4.79 Å². The second kappa shape index (κ2) is 3.70. The van der Waals surface area contributed by atoms with Gasteiger partial charge >= 0.3 is 0 Å². The van der Waals surface area contributed by atoms with Gasteiger partial charge < -0.3 is 14.2 Å². The Morgan fingerprint density at radius 1 is 1.17 bits per heavy atom. The molecule has 4 heteroatoms. The number of hydrogen-bond acceptors (Lipinski definition) is 4. The fourth-order valence-corrected chi connectivity index (χ4v) is 4.42. The topological polar surface area (TPSA) is 51.4 Å². The molecule has 0 amide bonds. The van der Waals surface area contributed by atoms with Crippen LogP contribution in [0.5, 0.6) is 0 Å². The normalized spacial score (nSPS) is 57.2. The molecule has 7 unspecified atom stereocenters. The molecule has 2 heterocycles. The first-order chi connectivity index (χ1) is 8.71. The van der Waals surface area contributed by atoms with E-state index in [1.54, 1.807) is 0 Å². The van der Waals surface area contributed by atoms with Crippen LogP contribution in [-0.2, 0) is 19.0 Å². The molecule has 2 saturated heterocycles. The molecular formula is C14H20O4. The second-order valence-corrected chi connectivity index (χ2v) is 6.52. The van der Waals surface area contributed by atoms with Crippen LogP contribution in [0.4, 0.5) is 0 Å². The van der Waals surface area contributed by atoms with Crippen molar-refractivity contribution >= 4 is 6.47 Å². The summed E-state index contributed by atoms with van der Waals surface area (Å²) in [5.41, 5.74) is -0.328. The number of carbonyl (C=O) groups is 1. The van der Waals surface area contributed by atoms with Crippen LogP contribution in [0.3, 0.4) is 0 Å². The zero-order valence-corrected chi connectivity index (χ0v) is 10.7. The van der Waals surface area contributed by atoms with Crippen molar-refractivity contribution in [1.82, 2.24) is 0 Å². The largest absolute Gasteiger partial charge is 0.461 e. The van der Waals surface area contributed by atoms with E-state index >= 15 is 0 Å². The van der Waals surface area contributed by atoms with Crippen LogP contribution in [0.15, 0.2) is 0 Å².